The molecular formula is C14H14O2S2. The standard InChI is InChI=1S/C14H14O2S2/c1-11-3-7-13(8-4-11)16-18(15,17)14-9-5-12(2)6-10-14/h3-10H,1-2H3. The van der Waals surface area contributed by atoms with Gasteiger partial charge in [0.05, 0.1) is 4.90 Å². The first-order chi connectivity index (χ1) is 8.47. The maximum atomic E-state index is 12.3. The molecule has 0 spiro atoms. The number of rotatable bonds is 3. The van der Waals surface area contributed by atoms with E-state index < -0.39 is 8.77 Å². The van der Waals surface area contributed by atoms with E-state index in [9.17, 15) is 4.21 Å². The van der Waals surface area contributed by atoms with Crippen molar-refractivity contribution in [3.8, 4) is 5.75 Å². The first kappa shape index (κ1) is 13.1. The van der Waals surface area contributed by atoms with Gasteiger partial charge in [0.15, 0.2) is 0 Å². The average molecular weight is 278 g/mol. The SMILES string of the molecule is Cc1ccc(OS(=O)(=S)c2ccc(C)cc2)cc1. The molecule has 0 bridgehead atoms. The molecule has 0 amide bonds. The summed E-state index contributed by atoms with van der Waals surface area (Å²) >= 11 is 5.07. The monoisotopic (exact) mass is 278 g/mol. The molecule has 0 radical (unpaired) electrons. The molecule has 94 valence electrons. The molecule has 2 rings (SSSR count). The summed E-state index contributed by atoms with van der Waals surface area (Å²) in [6.45, 7) is 3.95. The Labute approximate surface area is 112 Å². The molecule has 0 aliphatic carbocycles. The minimum absolute atomic E-state index is 0.529. The summed E-state index contributed by atoms with van der Waals surface area (Å²) in [4.78, 5) is 0.531. The first-order valence-electron chi connectivity index (χ1n) is 5.55. The highest BCUT2D eigenvalue weighted by Gasteiger charge is 2.11. The average Bonchev–Trinajstić information content (AvgIpc) is 2.32. The molecule has 0 N–H and O–H groups in total. The number of hydrogen-bond acceptors (Lipinski definition) is 3. The maximum absolute atomic E-state index is 12.3. The smallest absolute Gasteiger partial charge is 0.215 e. The van der Waals surface area contributed by atoms with Crippen LogP contribution in [0.15, 0.2) is 53.4 Å². The van der Waals surface area contributed by atoms with E-state index in [1.807, 2.05) is 38.1 Å². The highest BCUT2D eigenvalue weighted by molar-refractivity contribution is 8.30. The molecule has 0 saturated heterocycles. The molecule has 4 heteroatoms. The zero-order chi connectivity index (χ0) is 13.2. The first-order valence-corrected chi connectivity index (χ1v) is 7.96. The molecule has 0 fully saturated rings. The van der Waals surface area contributed by atoms with Gasteiger partial charge in [-0.3, -0.25) is 0 Å². The molecule has 1 atom stereocenters. The van der Waals surface area contributed by atoms with Gasteiger partial charge in [-0.1, -0.05) is 35.4 Å². The Bertz CT molecular complexity index is 626. The fourth-order valence-electron chi connectivity index (χ4n) is 1.47. The predicted molar refractivity (Wildman–Crippen MR) is 76.8 cm³/mol. The maximum Gasteiger partial charge on any atom is 0.215 e. The van der Waals surface area contributed by atoms with E-state index in [0.29, 0.717) is 10.6 Å². The lowest BCUT2D eigenvalue weighted by Crippen LogP contribution is -2.08. The number of benzene rings is 2. The van der Waals surface area contributed by atoms with Gasteiger partial charge in [0.1, 0.15) is 5.75 Å². The molecule has 2 aromatic rings. The third kappa shape index (κ3) is 3.09. The van der Waals surface area contributed by atoms with Crippen molar-refractivity contribution in [2.45, 2.75) is 18.7 Å². The van der Waals surface area contributed by atoms with E-state index in [0.717, 1.165) is 11.1 Å². The van der Waals surface area contributed by atoms with Crippen LogP contribution in [0.5, 0.6) is 5.75 Å². The van der Waals surface area contributed by atoms with Crippen LogP contribution in [0.2, 0.25) is 0 Å². The summed E-state index contributed by atoms with van der Waals surface area (Å²) in [5.41, 5.74) is 2.22. The number of aryl methyl sites for hydroxylation is 2. The Morgan fingerprint density at radius 2 is 1.33 bits per heavy atom. The summed E-state index contributed by atoms with van der Waals surface area (Å²) in [7, 11) is -2.91. The van der Waals surface area contributed by atoms with E-state index in [1.54, 1.807) is 24.3 Å². The lowest BCUT2D eigenvalue weighted by molar-refractivity contribution is 0.559. The Morgan fingerprint density at radius 1 is 0.889 bits per heavy atom. The van der Waals surface area contributed by atoms with Gasteiger partial charge in [-0.05, 0) is 38.1 Å². The van der Waals surface area contributed by atoms with Crippen molar-refractivity contribution < 1.29 is 8.39 Å². The van der Waals surface area contributed by atoms with Crippen LogP contribution in [-0.2, 0) is 20.0 Å². The Balaban J connectivity index is 2.27. The van der Waals surface area contributed by atoms with E-state index >= 15 is 0 Å². The van der Waals surface area contributed by atoms with Crippen molar-refractivity contribution in [1.29, 1.82) is 0 Å². The molecule has 0 aliphatic rings. The zero-order valence-corrected chi connectivity index (χ0v) is 11.9. The quantitative estimate of drug-likeness (QED) is 0.860. The lowest BCUT2D eigenvalue weighted by atomic mass is 10.2. The molecular weight excluding hydrogens is 264 g/mol. The molecule has 2 aromatic carbocycles. The van der Waals surface area contributed by atoms with Crippen LogP contribution < -0.4 is 4.18 Å². The minimum atomic E-state index is -2.91. The predicted octanol–water partition coefficient (Wildman–Crippen LogP) is 3.40. The molecule has 1 unspecified atom stereocenters. The second-order valence-corrected chi connectivity index (χ2v) is 7.03. The Kier molecular flexibility index (Phi) is 3.68. The van der Waals surface area contributed by atoms with E-state index in [1.165, 1.54) is 0 Å². The molecule has 18 heavy (non-hydrogen) atoms. The van der Waals surface area contributed by atoms with E-state index in [2.05, 4.69) is 0 Å². The number of hydrogen-bond donors (Lipinski definition) is 0. The van der Waals surface area contributed by atoms with Gasteiger partial charge in [-0.25, -0.2) is 4.21 Å². The van der Waals surface area contributed by atoms with Crippen molar-refractivity contribution >= 4 is 20.0 Å². The molecule has 0 heterocycles. The topological polar surface area (TPSA) is 26.3 Å². The van der Waals surface area contributed by atoms with Gasteiger partial charge < -0.3 is 4.18 Å². The normalized spacial score (nSPS) is 13.9. The van der Waals surface area contributed by atoms with Gasteiger partial charge in [0.25, 0.3) is 0 Å². The third-order valence-electron chi connectivity index (χ3n) is 2.54. The van der Waals surface area contributed by atoms with Crippen molar-refractivity contribution in [2.24, 2.45) is 0 Å². The highest BCUT2D eigenvalue weighted by Crippen LogP contribution is 2.19. The van der Waals surface area contributed by atoms with E-state index in [-0.39, 0.29) is 0 Å². The van der Waals surface area contributed by atoms with Crippen molar-refractivity contribution in [1.82, 2.24) is 0 Å². The summed E-state index contributed by atoms with van der Waals surface area (Å²) in [5, 5.41) is 0. The largest absolute Gasteiger partial charge is 0.397 e. The lowest BCUT2D eigenvalue weighted by Gasteiger charge is -2.10. The van der Waals surface area contributed by atoms with Gasteiger partial charge >= 0.3 is 0 Å². The fourth-order valence-corrected chi connectivity index (χ4v) is 2.97. The van der Waals surface area contributed by atoms with E-state index in [4.69, 9.17) is 15.4 Å². The van der Waals surface area contributed by atoms with Crippen LogP contribution in [0.4, 0.5) is 0 Å². The van der Waals surface area contributed by atoms with Gasteiger partial charge in [0, 0.05) is 11.2 Å². The third-order valence-corrected chi connectivity index (χ3v) is 4.58. The van der Waals surface area contributed by atoms with Crippen molar-refractivity contribution in [3.05, 3.63) is 59.7 Å². The highest BCUT2D eigenvalue weighted by atomic mass is 32.8. The van der Waals surface area contributed by atoms with Gasteiger partial charge in [0.2, 0.25) is 8.77 Å². The summed E-state index contributed by atoms with van der Waals surface area (Å²) in [5.74, 6) is 0.529. The van der Waals surface area contributed by atoms with Crippen molar-refractivity contribution in [2.75, 3.05) is 0 Å². The molecule has 2 nitrogen and oxygen atoms in total. The van der Waals surface area contributed by atoms with Crippen molar-refractivity contribution in [3.63, 3.8) is 0 Å². The van der Waals surface area contributed by atoms with Crippen LogP contribution in [0.1, 0.15) is 11.1 Å². The Morgan fingerprint density at radius 3 is 1.83 bits per heavy atom. The second-order valence-electron chi connectivity index (χ2n) is 4.16. The van der Waals surface area contributed by atoms with Gasteiger partial charge in [-0.2, -0.15) is 0 Å². The van der Waals surface area contributed by atoms with Crippen LogP contribution in [-0.4, -0.2) is 4.21 Å². The second kappa shape index (κ2) is 5.08. The van der Waals surface area contributed by atoms with Gasteiger partial charge in [-0.15, -0.1) is 0 Å². The molecule has 0 aromatic heterocycles. The minimum Gasteiger partial charge on any atom is -0.397 e. The summed E-state index contributed by atoms with van der Waals surface area (Å²) < 4.78 is 17.8. The zero-order valence-electron chi connectivity index (χ0n) is 10.3. The van der Waals surface area contributed by atoms with Crippen LogP contribution >= 0.6 is 0 Å². The summed E-state index contributed by atoms with van der Waals surface area (Å²) in [6, 6.07) is 14.6. The fraction of sp³-hybridized carbons (Fsp3) is 0.143. The van der Waals surface area contributed by atoms with Crippen LogP contribution in [0.25, 0.3) is 0 Å². The molecule has 0 saturated carbocycles. The Hall–Kier alpha value is -1.39. The summed E-state index contributed by atoms with van der Waals surface area (Å²) in [6.07, 6.45) is 0. The molecule has 0 aliphatic heterocycles. The van der Waals surface area contributed by atoms with Crippen LogP contribution in [0, 0.1) is 13.8 Å². The van der Waals surface area contributed by atoms with Crippen LogP contribution in [0.3, 0.4) is 0 Å².